The first-order valence-electron chi connectivity index (χ1n) is 11.0. The van der Waals surface area contributed by atoms with Crippen molar-refractivity contribution >= 4 is 10.8 Å². The number of hydrogen-bond acceptors (Lipinski definition) is 2. The van der Waals surface area contributed by atoms with Crippen LogP contribution < -0.4 is 4.74 Å². The average molecular weight is 408 g/mol. The van der Waals surface area contributed by atoms with Gasteiger partial charge in [0.25, 0.3) is 0 Å². The van der Waals surface area contributed by atoms with Gasteiger partial charge in [-0.3, -0.25) is 4.90 Å². The zero-order valence-corrected chi connectivity index (χ0v) is 17.1. The summed E-state index contributed by atoms with van der Waals surface area (Å²) in [5.41, 5.74) is 2.05. The largest absolute Gasteiger partial charge is 0.482 e. The molecule has 2 fully saturated rings. The summed E-state index contributed by atoms with van der Waals surface area (Å²) >= 11 is 0. The first kappa shape index (κ1) is 19.5. The molecule has 5 rings (SSSR count). The third-order valence-electron chi connectivity index (χ3n) is 6.58. The van der Waals surface area contributed by atoms with Gasteiger partial charge in [0, 0.05) is 19.6 Å². The first-order valence-corrected chi connectivity index (χ1v) is 11.0. The van der Waals surface area contributed by atoms with Crippen molar-refractivity contribution in [1.82, 2.24) is 4.90 Å². The standard InChI is InChI=1S/C26H27F2NO/c27-24-13-21(18-7-2-1-3-8-18)14-25(28)26(24)30-22-16-29(17-22)15-20-11-6-10-19-9-4-5-12-23(19)20/h4-6,9-14,18,22H,1-3,7-8,15-17H2. The highest BCUT2D eigenvalue weighted by atomic mass is 19.1. The van der Waals surface area contributed by atoms with Crippen molar-refractivity contribution in [2.24, 2.45) is 0 Å². The number of nitrogens with zero attached hydrogens (tertiary/aromatic N) is 1. The molecule has 0 spiro atoms. The number of halogens is 2. The maximum Gasteiger partial charge on any atom is 0.191 e. The quantitative estimate of drug-likeness (QED) is 0.483. The summed E-state index contributed by atoms with van der Waals surface area (Å²) in [6, 6.07) is 17.6. The fourth-order valence-electron chi connectivity index (χ4n) is 4.93. The maximum absolute atomic E-state index is 14.6. The van der Waals surface area contributed by atoms with Crippen molar-refractivity contribution in [2.45, 2.75) is 50.7 Å². The highest BCUT2D eigenvalue weighted by molar-refractivity contribution is 5.85. The zero-order valence-electron chi connectivity index (χ0n) is 17.1. The Kier molecular flexibility index (Phi) is 5.43. The van der Waals surface area contributed by atoms with Crippen LogP contribution in [0.3, 0.4) is 0 Å². The first-order chi connectivity index (χ1) is 14.7. The van der Waals surface area contributed by atoms with Crippen LogP contribution in [0, 0.1) is 11.6 Å². The summed E-state index contributed by atoms with van der Waals surface area (Å²) in [4.78, 5) is 2.25. The van der Waals surface area contributed by atoms with E-state index in [2.05, 4.69) is 41.3 Å². The van der Waals surface area contributed by atoms with Crippen LogP contribution in [0.15, 0.2) is 54.6 Å². The third-order valence-corrected chi connectivity index (χ3v) is 6.58. The second-order valence-electron chi connectivity index (χ2n) is 8.72. The number of rotatable bonds is 5. The second-order valence-corrected chi connectivity index (χ2v) is 8.72. The highest BCUT2D eigenvalue weighted by Crippen LogP contribution is 2.36. The van der Waals surface area contributed by atoms with E-state index in [0.717, 1.165) is 37.8 Å². The van der Waals surface area contributed by atoms with Crippen molar-refractivity contribution in [1.29, 1.82) is 0 Å². The molecular formula is C26H27F2NO. The van der Waals surface area contributed by atoms with E-state index in [9.17, 15) is 8.78 Å². The SMILES string of the molecule is Fc1cc(C2CCCCC2)cc(F)c1OC1CN(Cc2cccc3ccccc23)C1. The molecule has 0 amide bonds. The van der Waals surface area contributed by atoms with Gasteiger partial charge in [0.1, 0.15) is 6.10 Å². The zero-order chi connectivity index (χ0) is 20.5. The van der Waals surface area contributed by atoms with E-state index >= 15 is 0 Å². The Labute approximate surface area is 176 Å². The van der Waals surface area contributed by atoms with E-state index in [1.807, 2.05) is 6.07 Å². The van der Waals surface area contributed by atoms with Crippen molar-refractivity contribution < 1.29 is 13.5 Å². The fourth-order valence-corrected chi connectivity index (χ4v) is 4.93. The molecule has 0 aromatic heterocycles. The molecule has 1 aliphatic heterocycles. The van der Waals surface area contributed by atoms with Gasteiger partial charge in [0.2, 0.25) is 0 Å². The van der Waals surface area contributed by atoms with Gasteiger partial charge in [-0.05, 0) is 52.8 Å². The molecule has 0 radical (unpaired) electrons. The van der Waals surface area contributed by atoms with E-state index in [-0.39, 0.29) is 17.8 Å². The average Bonchev–Trinajstić information content (AvgIpc) is 2.74. The maximum atomic E-state index is 14.6. The lowest BCUT2D eigenvalue weighted by Gasteiger charge is -2.39. The monoisotopic (exact) mass is 407 g/mol. The Bertz CT molecular complexity index is 1010. The molecule has 1 saturated heterocycles. The molecule has 0 bridgehead atoms. The lowest BCUT2D eigenvalue weighted by atomic mass is 9.84. The van der Waals surface area contributed by atoms with E-state index in [4.69, 9.17) is 4.74 Å². The van der Waals surface area contributed by atoms with Crippen molar-refractivity contribution in [3.63, 3.8) is 0 Å². The summed E-state index contributed by atoms with van der Waals surface area (Å²) < 4.78 is 35.0. The number of likely N-dealkylation sites (tertiary alicyclic amines) is 1. The molecule has 2 aliphatic rings. The van der Waals surface area contributed by atoms with Crippen LogP contribution >= 0.6 is 0 Å². The van der Waals surface area contributed by atoms with Crippen LogP contribution in [0.5, 0.6) is 5.75 Å². The second kappa shape index (κ2) is 8.35. The van der Waals surface area contributed by atoms with E-state index < -0.39 is 11.6 Å². The minimum absolute atomic E-state index is 0.176. The Balaban J connectivity index is 1.22. The topological polar surface area (TPSA) is 12.5 Å². The van der Waals surface area contributed by atoms with Crippen LogP contribution in [0.4, 0.5) is 8.78 Å². The predicted octanol–water partition coefficient (Wildman–Crippen LogP) is 6.43. The van der Waals surface area contributed by atoms with Gasteiger partial charge in [-0.2, -0.15) is 0 Å². The highest BCUT2D eigenvalue weighted by Gasteiger charge is 2.31. The summed E-state index contributed by atoms with van der Waals surface area (Å²) in [5.74, 6) is -1.08. The molecule has 0 atom stereocenters. The van der Waals surface area contributed by atoms with Crippen molar-refractivity contribution in [3.05, 3.63) is 77.4 Å². The molecule has 1 saturated carbocycles. The van der Waals surface area contributed by atoms with Crippen molar-refractivity contribution in [2.75, 3.05) is 13.1 Å². The van der Waals surface area contributed by atoms with Crippen LogP contribution in [0.1, 0.15) is 49.1 Å². The smallest absolute Gasteiger partial charge is 0.191 e. The van der Waals surface area contributed by atoms with Crippen LogP contribution in [-0.2, 0) is 6.54 Å². The minimum atomic E-state index is -0.567. The van der Waals surface area contributed by atoms with Gasteiger partial charge in [-0.1, -0.05) is 61.7 Å². The molecule has 1 aliphatic carbocycles. The van der Waals surface area contributed by atoms with E-state index in [1.165, 1.54) is 34.9 Å². The number of fused-ring (bicyclic) bond motifs is 1. The van der Waals surface area contributed by atoms with Gasteiger partial charge in [-0.25, -0.2) is 8.78 Å². The van der Waals surface area contributed by atoms with Gasteiger partial charge in [-0.15, -0.1) is 0 Å². The molecule has 30 heavy (non-hydrogen) atoms. The summed E-state index contributed by atoms with van der Waals surface area (Å²) in [6.07, 6.45) is 5.36. The normalized spacial score (nSPS) is 18.5. The summed E-state index contributed by atoms with van der Waals surface area (Å²) in [7, 11) is 0. The Hall–Kier alpha value is -2.46. The summed E-state index contributed by atoms with van der Waals surface area (Å²) in [5, 5.41) is 2.48. The number of ether oxygens (including phenoxy) is 1. The Morgan fingerprint density at radius 1 is 0.867 bits per heavy atom. The molecular weight excluding hydrogens is 380 g/mol. The van der Waals surface area contributed by atoms with Gasteiger partial charge >= 0.3 is 0 Å². The fraction of sp³-hybridized carbons (Fsp3) is 0.385. The Morgan fingerprint density at radius 3 is 2.33 bits per heavy atom. The molecule has 0 unspecified atom stereocenters. The molecule has 3 aromatic rings. The molecule has 0 N–H and O–H groups in total. The van der Waals surface area contributed by atoms with Crippen LogP contribution in [0.2, 0.25) is 0 Å². The summed E-state index contributed by atoms with van der Waals surface area (Å²) in [6.45, 7) is 2.16. The van der Waals surface area contributed by atoms with Gasteiger partial charge < -0.3 is 4.74 Å². The molecule has 2 nitrogen and oxygen atoms in total. The van der Waals surface area contributed by atoms with E-state index in [1.54, 1.807) is 0 Å². The number of hydrogen-bond donors (Lipinski definition) is 0. The van der Waals surface area contributed by atoms with Crippen LogP contribution in [-0.4, -0.2) is 24.1 Å². The molecule has 4 heteroatoms. The van der Waals surface area contributed by atoms with Crippen LogP contribution in [0.25, 0.3) is 10.8 Å². The van der Waals surface area contributed by atoms with E-state index in [0.29, 0.717) is 13.1 Å². The number of benzene rings is 3. The molecule has 156 valence electrons. The third kappa shape index (κ3) is 3.93. The van der Waals surface area contributed by atoms with Crippen molar-refractivity contribution in [3.8, 4) is 5.75 Å². The lowest BCUT2D eigenvalue weighted by Crippen LogP contribution is -2.53. The predicted molar refractivity (Wildman–Crippen MR) is 116 cm³/mol. The van der Waals surface area contributed by atoms with Gasteiger partial charge in [0.15, 0.2) is 17.4 Å². The molecule has 1 heterocycles. The minimum Gasteiger partial charge on any atom is -0.482 e. The van der Waals surface area contributed by atoms with Gasteiger partial charge in [0.05, 0.1) is 0 Å². The Morgan fingerprint density at radius 2 is 1.57 bits per heavy atom. The molecule has 3 aromatic carbocycles. The lowest BCUT2D eigenvalue weighted by molar-refractivity contribution is 0.0101.